The van der Waals surface area contributed by atoms with Gasteiger partial charge in [-0.2, -0.15) is 5.26 Å². The van der Waals surface area contributed by atoms with E-state index in [1.54, 1.807) is 37.3 Å². The van der Waals surface area contributed by atoms with Gasteiger partial charge in [0.15, 0.2) is 0 Å². The molecule has 0 spiro atoms. The van der Waals surface area contributed by atoms with E-state index in [0.29, 0.717) is 27.4 Å². The van der Waals surface area contributed by atoms with E-state index in [1.807, 2.05) is 18.2 Å². The fraction of sp³-hybridized carbons (Fsp3) is 0.227. The smallest absolute Gasteiger partial charge is 0.336 e. The van der Waals surface area contributed by atoms with E-state index in [2.05, 4.69) is 6.07 Å². The van der Waals surface area contributed by atoms with Crippen LogP contribution in [0.3, 0.4) is 0 Å². The fourth-order valence-corrected chi connectivity index (χ4v) is 3.81. The Labute approximate surface area is 168 Å². The zero-order chi connectivity index (χ0) is 20.3. The number of benzene rings is 2. The quantitative estimate of drug-likeness (QED) is 0.729. The molecular formula is C22H19ClN2O3. The molecule has 0 fully saturated rings. The summed E-state index contributed by atoms with van der Waals surface area (Å²) < 4.78 is 5.00. The van der Waals surface area contributed by atoms with Crippen molar-refractivity contribution in [3.05, 3.63) is 81.5 Å². The molecule has 1 amide bonds. The Morgan fingerprint density at radius 3 is 2.61 bits per heavy atom. The van der Waals surface area contributed by atoms with Gasteiger partial charge in [0, 0.05) is 23.1 Å². The number of nitrogens with zero attached hydrogens (tertiary/aromatic N) is 2. The van der Waals surface area contributed by atoms with Gasteiger partial charge in [0.1, 0.15) is 0 Å². The van der Waals surface area contributed by atoms with E-state index < -0.39 is 11.9 Å². The van der Waals surface area contributed by atoms with Crippen LogP contribution in [0.25, 0.3) is 0 Å². The summed E-state index contributed by atoms with van der Waals surface area (Å²) in [6.45, 7) is 1.94. The molecule has 0 radical (unpaired) electrons. The number of hydrogen-bond acceptors (Lipinski definition) is 4. The molecule has 142 valence electrons. The van der Waals surface area contributed by atoms with Gasteiger partial charge < -0.3 is 9.64 Å². The number of allylic oxidation sites excluding steroid dienone is 1. The normalized spacial score (nSPS) is 16.7. The minimum absolute atomic E-state index is 0.0974. The number of rotatable bonds is 4. The Bertz CT molecular complexity index is 1010. The van der Waals surface area contributed by atoms with Crippen molar-refractivity contribution in [2.45, 2.75) is 25.8 Å². The third-order valence-corrected chi connectivity index (χ3v) is 5.32. The molecule has 6 heteroatoms. The predicted octanol–water partition coefficient (Wildman–Crippen LogP) is 4.17. The van der Waals surface area contributed by atoms with Crippen molar-refractivity contribution in [3.8, 4) is 6.07 Å². The molecule has 1 aliphatic heterocycles. The van der Waals surface area contributed by atoms with Gasteiger partial charge in [-0.15, -0.1) is 0 Å². The van der Waals surface area contributed by atoms with Gasteiger partial charge in [-0.1, -0.05) is 48.0 Å². The average molecular weight is 395 g/mol. The molecule has 0 unspecified atom stereocenters. The number of carbonyl (C=O) groups excluding carboxylic acids is 2. The van der Waals surface area contributed by atoms with Gasteiger partial charge >= 0.3 is 5.97 Å². The summed E-state index contributed by atoms with van der Waals surface area (Å²) in [4.78, 5) is 27.1. The number of ether oxygens (including phenoxy) is 1. The number of methoxy groups -OCH3 is 1. The number of carbonyl (C=O) groups is 2. The highest BCUT2D eigenvalue weighted by atomic mass is 35.5. The number of hydrogen-bond donors (Lipinski definition) is 0. The van der Waals surface area contributed by atoms with Gasteiger partial charge in [-0.25, -0.2) is 4.79 Å². The molecule has 28 heavy (non-hydrogen) atoms. The summed E-state index contributed by atoms with van der Waals surface area (Å²) in [6, 6.07) is 16.4. The van der Waals surface area contributed by atoms with E-state index >= 15 is 0 Å². The highest BCUT2D eigenvalue weighted by molar-refractivity contribution is 6.31. The van der Waals surface area contributed by atoms with E-state index in [4.69, 9.17) is 16.3 Å². The van der Waals surface area contributed by atoms with Crippen LogP contribution in [0.5, 0.6) is 0 Å². The van der Waals surface area contributed by atoms with E-state index in [9.17, 15) is 14.9 Å². The summed E-state index contributed by atoms with van der Waals surface area (Å²) in [5.41, 5.74) is 2.86. The monoisotopic (exact) mass is 394 g/mol. The van der Waals surface area contributed by atoms with Crippen molar-refractivity contribution in [1.82, 2.24) is 4.90 Å². The van der Waals surface area contributed by atoms with E-state index in [0.717, 1.165) is 5.56 Å². The van der Waals surface area contributed by atoms with Crippen molar-refractivity contribution in [3.63, 3.8) is 0 Å². The van der Waals surface area contributed by atoms with Crippen LogP contribution in [0.1, 0.15) is 36.0 Å². The highest BCUT2D eigenvalue weighted by Gasteiger charge is 2.37. The predicted molar refractivity (Wildman–Crippen MR) is 105 cm³/mol. The minimum atomic E-state index is -0.492. The second-order valence-electron chi connectivity index (χ2n) is 6.52. The van der Waals surface area contributed by atoms with Crippen LogP contribution in [0, 0.1) is 11.3 Å². The van der Waals surface area contributed by atoms with Crippen LogP contribution >= 0.6 is 11.6 Å². The minimum Gasteiger partial charge on any atom is -0.466 e. The first-order valence-corrected chi connectivity index (χ1v) is 9.17. The summed E-state index contributed by atoms with van der Waals surface area (Å²) in [5, 5.41) is 9.82. The first kappa shape index (κ1) is 19.7. The van der Waals surface area contributed by atoms with E-state index in [1.165, 1.54) is 12.0 Å². The number of esters is 1. The fourth-order valence-electron chi connectivity index (χ4n) is 3.54. The maximum Gasteiger partial charge on any atom is 0.336 e. The molecule has 0 N–H and O–H groups in total. The second-order valence-corrected chi connectivity index (χ2v) is 6.92. The van der Waals surface area contributed by atoms with Crippen LogP contribution in [0.4, 0.5) is 0 Å². The summed E-state index contributed by atoms with van der Waals surface area (Å²) in [5.74, 6) is -1.10. The van der Waals surface area contributed by atoms with Crippen LogP contribution in [-0.4, -0.2) is 23.9 Å². The molecule has 5 nitrogen and oxygen atoms in total. The molecule has 0 aromatic heterocycles. The maximum absolute atomic E-state index is 13.0. The number of halogens is 1. The first-order valence-electron chi connectivity index (χ1n) is 8.79. The molecule has 1 heterocycles. The number of nitriles is 1. The lowest BCUT2D eigenvalue weighted by atomic mass is 9.83. The first-order chi connectivity index (χ1) is 13.5. The molecule has 0 bridgehead atoms. The van der Waals surface area contributed by atoms with E-state index in [-0.39, 0.29) is 18.9 Å². The molecule has 1 atom stereocenters. The lowest BCUT2D eigenvalue weighted by molar-refractivity contribution is -0.138. The van der Waals surface area contributed by atoms with Crippen LogP contribution < -0.4 is 0 Å². The Balaban J connectivity index is 2.08. The molecule has 2 aromatic rings. The molecule has 0 saturated heterocycles. The van der Waals surface area contributed by atoms with Crippen LogP contribution in [-0.2, 0) is 20.9 Å². The average Bonchev–Trinajstić information content (AvgIpc) is 2.71. The van der Waals surface area contributed by atoms with Crippen molar-refractivity contribution >= 4 is 23.5 Å². The summed E-state index contributed by atoms with van der Waals surface area (Å²) in [7, 11) is 1.32. The van der Waals surface area contributed by atoms with Gasteiger partial charge in [-0.3, -0.25) is 4.79 Å². The lowest BCUT2D eigenvalue weighted by Crippen LogP contribution is -2.38. The summed E-state index contributed by atoms with van der Waals surface area (Å²) >= 11 is 6.34. The molecule has 0 saturated carbocycles. The van der Waals surface area contributed by atoms with Crippen LogP contribution in [0.15, 0.2) is 59.8 Å². The standard InChI is InChI=1S/C22H19ClN2O3/c1-14-21(22(27)28-2)18(17-9-5-6-10-19(17)23)11-20(26)25(14)13-16-8-4-3-7-15(16)12-24/h3-10,18H,11,13H2,1-2H3/t18-/m0/s1. The van der Waals surface area contributed by atoms with Gasteiger partial charge in [-0.05, 0) is 30.2 Å². The zero-order valence-electron chi connectivity index (χ0n) is 15.6. The Morgan fingerprint density at radius 1 is 1.25 bits per heavy atom. The Kier molecular flexibility index (Phi) is 5.81. The van der Waals surface area contributed by atoms with Crippen molar-refractivity contribution in [2.24, 2.45) is 0 Å². The maximum atomic E-state index is 13.0. The highest BCUT2D eigenvalue weighted by Crippen LogP contribution is 2.40. The Hall–Kier alpha value is -3.10. The third kappa shape index (κ3) is 3.64. The molecule has 0 aliphatic carbocycles. The topological polar surface area (TPSA) is 70.4 Å². The summed E-state index contributed by atoms with van der Waals surface area (Å²) in [6.07, 6.45) is 0.0974. The molecular weight excluding hydrogens is 376 g/mol. The Morgan fingerprint density at radius 2 is 1.93 bits per heavy atom. The van der Waals surface area contributed by atoms with Gasteiger partial charge in [0.2, 0.25) is 5.91 Å². The van der Waals surface area contributed by atoms with Gasteiger partial charge in [0.25, 0.3) is 0 Å². The third-order valence-electron chi connectivity index (χ3n) is 4.98. The van der Waals surface area contributed by atoms with Gasteiger partial charge in [0.05, 0.1) is 30.9 Å². The lowest BCUT2D eigenvalue weighted by Gasteiger charge is -2.34. The van der Waals surface area contributed by atoms with Crippen LogP contribution in [0.2, 0.25) is 5.02 Å². The van der Waals surface area contributed by atoms with Crippen molar-refractivity contribution in [1.29, 1.82) is 5.26 Å². The zero-order valence-corrected chi connectivity index (χ0v) is 16.4. The largest absolute Gasteiger partial charge is 0.466 e. The number of amides is 1. The van der Waals surface area contributed by atoms with Crippen molar-refractivity contribution < 1.29 is 14.3 Å². The second kappa shape index (κ2) is 8.28. The molecule has 3 rings (SSSR count). The SMILES string of the molecule is COC(=O)C1=C(C)N(Cc2ccccc2C#N)C(=O)C[C@H]1c1ccccc1Cl. The molecule has 1 aliphatic rings. The van der Waals surface area contributed by atoms with Crippen molar-refractivity contribution in [2.75, 3.05) is 7.11 Å². The molecule has 2 aromatic carbocycles.